The van der Waals surface area contributed by atoms with Crippen LogP contribution in [0.1, 0.15) is 11.5 Å². The van der Waals surface area contributed by atoms with E-state index in [0.717, 1.165) is 10.7 Å². The molecule has 2 rings (SSSR count). The largest absolute Gasteiger partial charge is 0.480 e. The first kappa shape index (κ1) is 14.0. The second-order valence-corrected chi connectivity index (χ2v) is 7.65. The molecule has 0 amide bonds. The van der Waals surface area contributed by atoms with Crippen molar-refractivity contribution >= 4 is 31.7 Å². The van der Waals surface area contributed by atoms with Crippen molar-refractivity contribution in [1.29, 1.82) is 5.26 Å². The van der Waals surface area contributed by atoms with Gasteiger partial charge in [0.25, 0.3) is 0 Å². The molecule has 1 fully saturated rings. The van der Waals surface area contributed by atoms with E-state index in [1.54, 1.807) is 30.3 Å². The van der Waals surface area contributed by atoms with Crippen LogP contribution in [0.25, 0.3) is 0 Å². The van der Waals surface area contributed by atoms with Crippen molar-refractivity contribution in [3.05, 3.63) is 34.3 Å². The summed E-state index contributed by atoms with van der Waals surface area (Å²) in [4.78, 5) is 11.3. The normalized spacial score (nSPS) is 29.5. The van der Waals surface area contributed by atoms with E-state index < -0.39 is 32.4 Å². The van der Waals surface area contributed by atoms with Crippen LogP contribution in [-0.2, 0) is 14.6 Å². The summed E-state index contributed by atoms with van der Waals surface area (Å²) in [6, 6.07) is 8.33. The van der Waals surface area contributed by atoms with Crippen molar-refractivity contribution < 1.29 is 18.3 Å². The lowest BCUT2D eigenvalue weighted by molar-refractivity contribution is -0.141. The number of carbonyl (C=O) groups is 1. The summed E-state index contributed by atoms with van der Waals surface area (Å²) in [7, 11) is -3.62. The van der Waals surface area contributed by atoms with Gasteiger partial charge < -0.3 is 5.11 Å². The van der Waals surface area contributed by atoms with Gasteiger partial charge in [-0.1, -0.05) is 28.1 Å². The number of rotatable bonds is 3. The maximum absolute atomic E-state index is 11.7. The van der Waals surface area contributed by atoms with Crippen LogP contribution in [0.4, 0.5) is 0 Å². The number of carboxylic acid groups (broad SMARTS) is 1. The fourth-order valence-corrected chi connectivity index (χ4v) is 4.51. The molecule has 1 aliphatic carbocycles. The molecule has 5 nitrogen and oxygen atoms in total. The average molecular weight is 344 g/mol. The number of benzene rings is 1. The highest BCUT2D eigenvalue weighted by molar-refractivity contribution is 9.10. The molecule has 0 bridgehead atoms. The van der Waals surface area contributed by atoms with Crippen molar-refractivity contribution in [2.75, 3.05) is 6.26 Å². The van der Waals surface area contributed by atoms with Crippen LogP contribution in [0, 0.1) is 16.7 Å². The van der Waals surface area contributed by atoms with Crippen LogP contribution in [0.2, 0.25) is 0 Å². The van der Waals surface area contributed by atoms with Crippen molar-refractivity contribution in [2.24, 2.45) is 5.41 Å². The maximum atomic E-state index is 11.7. The molecule has 0 spiro atoms. The van der Waals surface area contributed by atoms with Crippen LogP contribution in [0.15, 0.2) is 28.7 Å². The second-order valence-electron chi connectivity index (χ2n) is 4.57. The Bertz CT molecular complexity index is 677. The number of hydrogen-bond donors (Lipinski definition) is 1. The van der Waals surface area contributed by atoms with Crippen molar-refractivity contribution in [3.63, 3.8) is 0 Å². The molecule has 0 heterocycles. The van der Waals surface area contributed by atoms with E-state index in [2.05, 4.69) is 15.9 Å². The molecule has 1 aliphatic rings. The Morgan fingerprint density at radius 2 is 1.95 bits per heavy atom. The van der Waals surface area contributed by atoms with Gasteiger partial charge in [-0.15, -0.1) is 0 Å². The third-order valence-electron chi connectivity index (χ3n) is 3.36. The van der Waals surface area contributed by atoms with Gasteiger partial charge in [-0.05, 0) is 17.7 Å². The van der Waals surface area contributed by atoms with Gasteiger partial charge in [0.15, 0.2) is 15.3 Å². The minimum atomic E-state index is -3.62. The van der Waals surface area contributed by atoms with E-state index >= 15 is 0 Å². The fraction of sp³-hybridized carbons (Fsp3) is 0.333. The van der Waals surface area contributed by atoms with Crippen LogP contribution >= 0.6 is 15.9 Å². The van der Waals surface area contributed by atoms with Crippen LogP contribution in [0.3, 0.4) is 0 Å². The molecule has 3 unspecified atom stereocenters. The summed E-state index contributed by atoms with van der Waals surface area (Å²) in [5.74, 6) is -2.21. The molecule has 1 N–H and O–H groups in total. The van der Waals surface area contributed by atoms with Crippen LogP contribution in [-0.4, -0.2) is 31.0 Å². The lowest BCUT2D eigenvalue weighted by Gasteiger charge is -2.02. The number of halogens is 1. The summed E-state index contributed by atoms with van der Waals surface area (Å²) in [6.45, 7) is 0. The Hall–Kier alpha value is -1.39. The highest BCUT2D eigenvalue weighted by Crippen LogP contribution is 2.62. The van der Waals surface area contributed by atoms with Gasteiger partial charge in [0.1, 0.15) is 5.25 Å². The molecule has 19 heavy (non-hydrogen) atoms. The summed E-state index contributed by atoms with van der Waals surface area (Å²) in [5, 5.41) is 17.2. The van der Waals surface area contributed by atoms with E-state index in [-0.39, 0.29) is 0 Å². The Labute approximate surface area is 118 Å². The fourth-order valence-electron chi connectivity index (χ4n) is 2.48. The van der Waals surface area contributed by atoms with Gasteiger partial charge >= 0.3 is 5.97 Å². The molecule has 0 aliphatic heterocycles. The zero-order valence-electron chi connectivity index (χ0n) is 9.87. The van der Waals surface area contributed by atoms with E-state index in [1.165, 1.54) is 0 Å². The zero-order chi connectivity index (χ0) is 14.4. The quantitative estimate of drug-likeness (QED) is 0.898. The lowest BCUT2D eigenvalue weighted by atomic mass is 10.0. The average Bonchev–Trinajstić information content (AvgIpc) is 3.00. The first-order valence-corrected chi connectivity index (χ1v) is 8.09. The third-order valence-corrected chi connectivity index (χ3v) is 5.46. The van der Waals surface area contributed by atoms with Crippen LogP contribution in [0.5, 0.6) is 0 Å². The molecule has 1 saturated carbocycles. The SMILES string of the molecule is CS(=O)(=O)C1C(c2ccc(Br)cc2)C1(C#N)C(=O)O. The highest BCUT2D eigenvalue weighted by atomic mass is 79.9. The van der Waals surface area contributed by atoms with E-state index in [1.807, 2.05) is 0 Å². The molecule has 100 valence electrons. The Balaban J connectivity index is 2.54. The maximum Gasteiger partial charge on any atom is 0.326 e. The van der Waals surface area contributed by atoms with Gasteiger partial charge in [-0.25, -0.2) is 8.42 Å². The van der Waals surface area contributed by atoms with Crippen molar-refractivity contribution in [2.45, 2.75) is 11.2 Å². The lowest BCUT2D eigenvalue weighted by Crippen LogP contribution is -2.21. The van der Waals surface area contributed by atoms with E-state index in [9.17, 15) is 18.3 Å². The summed E-state index contributed by atoms with van der Waals surface area (Å²) in [6.07, 6.45) is 0.964. The summed E-state index contributed by atoms with van der Waals surface area (Å²) in [5.41, 5.74) is -1.33. The van der Waals surface area contributed by atoms with Gasteiger partial charge in [0.2, 0.25) is 0 Å². The Morgan fingerprint density at radius 3 is 2.26 bits per heavy atom. The number of sulfone groups is 1. The minimum absolute atomic E-state index is 0.544. The highest BCUT2D eigenvalue weighted by Gasteiger charge is 2.76. The van der Waals surface area contributed by atoms with E-state index in [0.29, 0.717) is 5.56 Å². The Kier molecular flexibility index (Phi) is 3.19. The minimum Gasteiger partial charge on any atom is -0.480 e. The smallest absolute Gasteiger partial charge is 0.326 e. The van der Waals surface area contributed by atoms with Gasteiger partial charge in [0.05, 0.1) is 6.07 Å². The second kappa shape index (κ2) is 4.32. The number of nitriles is 1. The monoisotopic (exact) mass is 343 g/mol. The molecular weight excluding hydrogens is 334 g/mol. The van der Waals surface area contributed by atoms with Crippen molar-refractivity contribution in [1.82, 2.24) is 0 Å². The van der Waals surface area contributed by atoms with Gasteiger partial charge in [-0.2, -0.15) is 5.26 Å². The predicted molar refractivity (Wildman–Crippen MR) is 71.2 cm³/mol. The molecule has 0 aromatic heterocycles. The van der Waals surface area contributed by atoms with Gasteiger partial charge in [-0.3, -0.25) is 4.79 Å². The number of carboxylic acids is 1. The van der Waals surface area contributed by atoms with Gasteiger partial charge in [0, 0.05) is 16.6 Å². The standard InChI is InChI=1S/C12H10BrNO4S/c1-19(17,18)10-9(12(10,6-14)11(15)16)7-2-4-8(13)5-3-7/h2-5,9-10H,1H3,(H,15,16). The van der Waals surface area contributed by atoms with Crippen LogP contribution < -0.4 is 0 Å². The predicted octanol–water partition coefficient (Wildman–Crippen LogP) is 1.55. The third kappa shape index (κ3) is 2.05. The summed E-state index contributed by atoms with van der Waals surface area (Å²) >= 11 is 3.24. The molecule has 0 saturated heterocycles. The molecule has 3 atom stereocenters. The first-order valence-electron chi connectivity index (χ1n) is 5.34. The molecular formula is C12H10BrNO4S. The van der Waals surface area contributed by atoms with E-state index in [4.69, 9.17) is 5.26 Å². The Morgan fingerprint density at radius 1 is 1.42 bits per heavy atom. The molecule has 1 aromatic rings. The zero-order valence-corrected chi connectivity index (χ0v) is 12.3. The molecule has 0 radical (unpaired) electrons. The number of nitrogens with zero attached hydrogens (tertiary/aromatic N) is 1. The van der Waals surface area contributed by atoms with Crippen molar-refractivity contribution in [3.8, 4) is 6.07 Å². The molecule has 7 heteroatoms. The summed E-state index contributed by atoms with van der Waals surface area (Å²) < 4.78 is 24.2. The first-order chi connectivity index (χ1) is 8.75. The number of aliphatic carboxylic acids is 1. The molecule has 1 aromatic carbocycles. The topological polar surface area (TPSA) is 95.2 Å². The number of hydrogen-bond acceptors (Lipinski definition) is 4.